The molecule has 7 nitrogen and oxygen atoms in total. The van der Waals surface area contributed by atoms with Crippen LogP contribution < -0.4 is 10.9 Å². The molecule has 0 bridgehead atoms. The topological polar surface area (TPSA) is 92.0 Å². The molecule has 2 heterocycles. The number of nitrogens with one attached hydrogen (secondary N) is 1. The van der Waals surface area contributed by atoms with E-state index in [9.17, 15) is 14.7 Å². The summed E-state index contributed by atoms with van der Waals surface area (Å²) >= 11 is 0. The Kier molecular flexibility index (Phi) is 6.36. The second-order valence-corrected chi connectivity index (χ2v) is 13.3. The van der Waals surface area contributed by atoms with Gasteiger partial charge in [0, 0.05) is 63.0 Å². The third kappa shape index (κ3) is 3.94. The molecule has 1 saturated heterocycles. The maximum atomic E-state index is 12.7. The van der Waals surface area contributed by atoms with Gasteiger partial charge in [0.1, 0.15) is 6.10 Å². The van der Waals surface area contributed by atoms with Crippen molar-refractivity contribution in [3.05, 3.63) is 34.4 Å². The summed E-state index contributed by atoms with van der Waals surface area (Å²) in [6.07, 6.45) is 9.51. The van der Waals surface area contributed by atoms with Crippen molar-refractivity contribution in [1.82, 2.24) is 10.2 Å². The van der Waals surface area contributed by atoms with Crippen molar-refractivity contribution < 1.29 is 19.1 Å². The van der Waals surface area contributed by atoms with Gasteiger partial charge in [-0.2, -0.15) is 0 Å². The molecule has 9 atom stereocenters. The van der Waals surface area contributed by atoms with E-state index in [-0.39, 0.29) is 23.2 Å². The van der Waals surface area contributed by atoms with Gasteiger partial charge in [-0.25, -0.2) is 4.79 Å². The molecule has 7 heteroatoms. The Balaban J connectivity index is 1.29. The number of ether oxygens (including phenoxy) is 1. The van der Waals surface area contributed by atoms with Crippen molar-refractivity contribution in [3.8, 4) is 0 Å². The predicted octanol–water partition coefficient (Wildman–Crippen LogP) is 3.70. The first kappa shape index (κ1) is 25.6. The Hall–Kier alpha value is -1.70. The van der Waals surface area contributed by atoms with Crippen LogP contribution in [0.4, 0.5) is 0 Å². The number of esters is 1. The van der Waals surface area contributed by atoms with E-state index in [0.29, 0.717) is 24.3 Å². The van der Waals surface area contributed by atoms with Crippen molar-refractivity contribution in [2.75, 3.05) is 26.2 Å². The van der Waals surface area contributed by atoms with E-state index >= 15 is 0 Å². The average molecular weight is 513 g/mol. The molecule has 0 radical (unpaired) electrons. The molecule has 5 fully saturated rings. The van der Waals surface area contributed by atoms with Crippen molar-refractivity contribution >= 4 is 5.97 Å². The first-order chi connectivity index (χ1) is 17.7. The lowest BCUT2D eigenvalue weighted by Crippen LogP contribution is -2.62. The molecule has 37 heavy (non-hydrogen) atoms. The molecule has 1 aromatic rings. The van der Waals surface area contributed by atoms with Gasteiger partial charge in [0.05, 0.1) is 11.9 Å². The summed E-state index contributed by atoms with van der Waals surface area (Å²) in [4.78, 5) is 26.6. The summed E-state index contributed by atoms with van der Waals surface area (Å²) in [5.74, 6) is 0.873. The highest BCUT2D eigenvalue weighted by Gasteiger charge is 2.70. The smallest absolute Gasteiger partial charge is 0.335 e. The summed E-state index contributed by atoms with van der Waals surface area (Å²) in [6, 6.07) is 3.94. The molecule has 0 unspecified atom stereocenters. The SMILES string of the molecule is CC(=O)O[C@H]1C[C@]2(O)[C@@H]3CC[C@@H]4C[C@@H](N5CCNCC5)CC[C@]4(C)[C@H]3CC[C@]2(C)[C@H]1c1ccc(=O)oc1. The monoisotopic (exact) mass is 512 g/mol. The normalized spacial score (nSPS) is 45.9. The van der Waals surface area contributed by atoms with E-state index < -0.39 is 22.7 Å². The highest BCUT2D eigenvalue weighted by atomic mass is 16.5. The van der Waals surface area contributed by atoms with E-state index in [1.165, 1.54) is 44.9 Å². The van der Waals surface area contributed by atoms with Gasteiger partial charge in [-0.3, -0.25) is 9.69 Å². The maximum absolute atomic E-state index is 12.7. The van der Waals surface area contributed by atoms with Gasteiger partial charge in [0.15, 0.2) is 0 Å². The zero-order chi connectivity index (χ0) is 26.0. The van der Waals surface area contributed by atoms with Crippen LogP contribution in [0.1, 0.15) is 83.6 Å². The fourth-order valence-corrected chi connectivity index (χ4v) is 10.0. The number of carbonyl (C=O) groups excluding carboxylic acids is 1. The molecule has 4 aliphatic carbocycles. The Bertz CT molecular complexity index is 1060. The number of carbonyl (C=O) groups is 1. The van der Waals surface area contributed by atoms with Crippen LogP contribution in [0.15, 0.2) is 27.6 Å². The highest BCUT2D eigenvalue weighted by Crippen LogP contribution is 2.71. The van der Waals surface area contributed by atoms with E-state index in [0.717, 1.165) is 51.0 Å². The summed E-state index contributed by atoms with van der Waals surface area (Å²) < 4.78 is 11.1. The number of hydrogen-bond acceptors (Lipinski definition) is 7. The zero-order valence-corrected chi connectivity index (χ0v) is 22.7. The van der Waals surface area contributed by atoms with Crippen LogP contribution in [0.25, 0.3) is 0 Å². The zero-order valence-electron chi connectivity index (χ0n) is 22.7. The van der Waals surface area contributed by atoms with E-state index in [1.807, 2.05) is 0 Å². The Labute approximate surface area is 220 Å². The lowest BCUT2D eigenvalue weighted by atomic mass is 9.43. The summed E-state index contributed by atoms with van der Waals surface area (Å²) in [7, 11) is 0. The maximum Gasteiger partial charge on any atom is 0.335 e. The number of nitrogens with zero attached hydrogens (tertiary/aromatic N) is 1. The van der Waals surface area contributed by atoms with Gasteiger partial charge in [-0.15, -0.1) is 0 Å². The average Bonchev–Trinajstić information content (AvgIpc) is 3.10. The molecule has 5 aliphatic rings. The minimum Gasteiger partial charge on any atom is -0.462 e. The van der Waals surface area contributed by atoms with Crippen molar-refractivity contribution in [1.29, 1.82) is 0 Å². The van der Waals surface area contributed by atoms with Crippen LogP contribution >= 0.6 is 0 Å². The molecule has 2 N–H and O–H groups in total. The van der Waals surface area contributed by atoms with Gasteiger partial charge < -0.3 is 19.6 Å². The van der Waals surface area contributed by atoms with Gasteiger partial charge in [-0.05, 0) is 79.7 Å². The first-order valence-corrected chi connectivity index (χ1v) is 14.6. The van der Waals surface area contributed by atoms with Crippen LogP contribution in [-0.4, -0.2) is 59.9 Å². The first-order valence-electron chi connectivity index (χ1n) is 14.6. The van der Waals surface area contributed by atoms with Gasteiger partial charge >= 0.3 is 11.6 Å². The second kappa shape index (κ2) is 9.20. The minimum absolute atomic E-state index is 0.194. The Morgan fingerprint density at radius 2 is 1.89 bits per heavy atom. The van der Waals surface area contributed by atoms with Crippen LogP contribution in [0.2, 0.25) is 0 Å². The fraction of sp³-hybridized carbons (Fsp3) is 0.800. The number of aliphatic hydroxyl groups is 1. The molecule has 204 valence electrons. The number of fused-ring (bicyclic) bond motifs is 5. The number of hydrogen-bond donors (Lipinski definition) is 2. The second-order valence-electron chi connectivity index (χ2n) is 13.3. The summed E-state index contributed by atoms with van der Waals surface area (Å²) in [6.45, 7) is 10.7. The molecule has 1 aliphatic heterocycles. The van der Waals surface area contributed by atoms with Gasteiger partial charge in [-0.1, -0.05) is 13.8 Å². The molecule has 4 saturated carbocycles. The molecule has 0 spiro atoms. The number of piperazine rings is 1. The molecular formula is C30H44N2O5. The Morgan fingerprint density at radius 1 is 1.11 bits per heavy atom. The molecular weight excluding hydrogens is 468 g/mol. The van der Waals surface area contributed by atoms with Gasteiger partial charge in [0.25, 0.3) is 0 Å². The minimum atomic E-state index is -0.916. The predicted molar refractivity (Wildman–Crippen MR) is 140 cm³/mol. The van der Waals surface area contributed by atoms with Crippen molar-refractivity contribution in [2.24, 2.45) is 28.6 Å². The quantitative estimate of drug-likeness (QED) is 0.597. The fourth-order valence-electron chi connectivity index (χ4n) is 10.0. The van der Waals surface area contributed by atoms with E-state index in [4.69, 9.17) is 9.15 Å². The summed E-state index contributed by atoms with van der Waals surface area (Å²) in [5.41, 5.74) is -0.661. The van der Waals surface area contributed by atoms with E-state index in [1.54, 1.807) is 6.07 Å². The standard InChI is InChI=1S/C30H44N2O5/c1-19(33)37-25-17-30(35)24-6-5-21-16-22(32-14-12-31-13-15-32)8-10-28(21,2)23(24)9-11-29(30,3)27(25)20-4-7-26(34)36-18-20/h4,7,18,21-25,27,31,35H,5-6,8-17H2,1-3H3/t21-,22+,23+,24-,25+,27+,28+,29-,30+/m1/s1. The molecule has 0 aromatic carbocycles. The molecule has 1 aromatic heterocycles. The van der Waals surface area contributed by atoms with Gasteiger partial charge in [0.2, 0.25) is 0 Å². The largest absolute Gasteiger partial charge is 0.462 e. The molecule has 6 rings (SSSR count). The lowest BCUT2D eigenvalue weighted by molar-refractivity contribution is -0.204. The third-order valence-corrected chi connectivity index (χ3v) is 11.9. The molecule has 0 amide bonds. The van der Waals surface area contributed by atoms with Crippen LogP contribution in [0.3, 0.4) is 0 Å². The van der Waals surface area contributed by atoms with Crippen LogP contribution in [-0.2, 0) is 9.53 Å². The number of rotatable bonds is 3. The lowest BCUT2D eigenvalue weighted by Gasteiger charge is -2.64. The van der Waals surface area contributed by atoms with E-state index in [2.05, 4.69) is 24.1 Å². The Morgan fingerprint density at radius 3 is 2.59 bits per heavy atom. The van der Waals surface area contributed by atoms with Crippen molar-refractivity contribution in [2.45, 2.75) is 95.8 Å². The van der Waals surface area contributed by atoms with Crippen molar-refractivity contribution in [3.63, 3.8) is 0 Å². The van der Waals surface area contributed by atoms with Crippen LogP contribution in [0, 0.1) is 28.6 Å². The van der Waals surface area contributed by atoms with Crippen LogP contribution in [0.5, 0.6) is 0 Å². The highest BCUT2D eigenvalue weighted by molar-refractivity contribution is 5.66. The third-order valence-electron chi connectivity index (χ3n) is 11.9. The summed E-state index contributed by atoms with van der Waals surface area (Å²) in [5, 5.41) is 16.2.